The van der Waals surface area contributed by atoms with Gasteiger partial charge in [-0.15, -0.1) is 0 Å². The van der Waals surface area contributed by atoms with Gasteiger partial charge in [-0.25, -0.2) is 0 Å². The van der Waals surface area contributed by atoms with Gasteiger partial charge < -0.3 is 5.32 Å². The fraction of sp³-hybridized carbons (Fsp3) is 1.00. The third kappa shape index (κ3) is 5.47. The molecule has 0 saturated carbocycles. The molecule has 1 nitrogen and oxygen atoms in total. The Hall–Kier alpha value is -0.250. The molecule has 0 aliphatic rings. The van der Waals surface area contributed by atoms with E-state index in [-0.39, 0.29) is 5.92 Å². The maximum absolute atomic E-state index is 12.3. The number of hydrogen-bond donors (Lipinski definition) is 1. The van der Waals surface area contributed by atoms with Crippen molar-refractivity contribution in [2.24, 2.45) is 17.8 Å². The Morgan fingerprint density at radius 1 is 1.00 bits per heavy atom. The quantitative estimate of drug-likeness (QED) is 0.737. The van der Waals surface area contributed by atoms with E-state index in [1.54, 1.807) is 6.92 Å². The van der Waals surface area contributed by atoms with Crippen molar-refractivity contribution in [3.8, 4) is 0 Å². The lowest BCUT2D eigenvalue weighted by atomic mass is 9.95. The van der Waals surface area contributed by atoms with Crippen molar-refractivity contribution < 1.29 is 13.2 Å². The first-order valence-electron chi connectivity index (χ1n) is 5.02. The number of rotatable bonds is 5. The highest BCUT2D eigenvalue weighted by molar-refractivity contribution is 4.71. The summed E-state index contributed by atoms with van der Waals surface area (Å²) in [5, 5.41) is 3.04. The van der Waals surface area contributed by atoms with Crippen molar-refractivity contribution in [1.29, 1.82) is 0 Å². The van der Waals surface area contributed by atoms with E-state index in [9.17, 15) is 13.2 Å². The summed E-state index contributed by atoms with van der Waals surface area (Å²) < 4.78 is 36.8. The molecule has 0 saturated heterocycles. The third-order valence-electron chi connectivity index (χ3n) is 2.39. The minimum absolute atomic E-state index is 0.367. The first kappa shape index (κ1) is 13.8. The summed E-state index contributed by atoms with van der Waals surface area (Å²) in [6.45, 7) is 8.14. The van der Waals surface area contributed by atoms with Crippen molar-refractivity contribution in [1.82, 2.24) is 5.32 Å². The van der Waals surface area contributed by atoms with Gasteiger partial charge in [-0.1, -0.05) is 27.7 Å². The second kappa shape index (κ2) is 5.59. The molecule has 4 heteroatoms. The van der Waals surface area contributed by atoms with Crippen LogP contribution in [0.15, 0.2) is 0 Å². The van der Waals surface area contributed by atoms with Crippen LogP contribution in [0.5, 0.6) is 0 Å². The number of halogens is 3. The summed E-state index contributed by atoms with van der Waals surface area (Å²) >= 11 is 0. The number of alkyl halides is 3. The standard InChI is InChI=1S/C10H20F3N/c1-7(2)5-14-6-8(3)9(4)10(11,12)13/h7-9,14H,5-6H2,1-4H3. The molecular formula is C10H20F3N. The molecule has 0 aromatic carbocycles. The zero-order valence-corrected chi connectivity index (χ0v) is 9.28. The van der Waals surface area contributed by atoms with Gasteiger partial charge in [-0.3, -0.25) is 0 Å². The molecule has 1 N–H and O–H groups in total. The first-order chi connectivity index (χ1) is 6.25. The van der Waals surface area contributed by atoms with Crippen molar-refractivity contribution in [3.05, 3.63) is 0 Å². The van der Waals surface area contributed by atoms with Crippen LogP contribution in [0.25, 0.3) is 0 Å². The molecule has 0 spiro atoms. The highest BCUT2D eigenvalue weighted by atomic mass is 19.4. The summed E-state index contributed by atoms with van der Waals surface area (Å²) in [4.78, 5) is 0. The van der Waals surface area contributed by atoms with Gasteiger partial charge in [0, 0.05) is 0 Å². The predicted octanol–water partition coefficient (Wildman–Crippen LogP) is 3.07. The molecular weight excluding hydrogens is 191 g/mol. The Bertz CT molecular complexity index is 154. The molecule has 86 valence electrons. The molecule has 0 aliphatic carbocycles. The molecule has 0 aliphatic heterocycles. The van der Waals surface area contributed by atoms with Gasteiger partial charge in [0.05, 0.1) is 5.92 Å². The summed E-state index contributed by atoms with van der Waals surface area (Å²) in [6, 6.07) is 0. The lowest BCUT2D eigenvalue weighted by Gasteiger charge is -2.23. The second-order valence-electron chi connectivity index (χ2n) is 4.36. The average Bonchev–Trinajstić information content (AvgIpc) is 2.00. The predicted molar refractivity (Wildman–Crippen MR) is 52.1 cm³/mol. The van der Waals surface area contributed by atoms with Crippen molar-refractivity contribution in [2.45, 2.75) is 33.9 Å². The van der Waals surface area contributed by atoms with E-state index in [0.29, 0.717) is 12.5 Å². The molecule has 0 bridgehead atoms. The minimum atomic E-state index is -4.07. The maximum Gasteiger partial charge on any atom is 0.391 e. The van der Waals surface area contributed by atoms with Gasteiger partial charge in [0.15, 0.2) is 0 Å². The average molecular weight is 211 g/mol. The van der Waals surface area contributed by atoms with E-state index in [1.807, 2.05) is 13.8 Å². The van der Waals surface area contributed by atoms with E-state index in [4.69, 9.17) is 0 Å². The Labute approximate surface area is 84.1 Å². The molecule has 2 atom stereocenters. The van der Waals surface area contributed by atoms with E-state index < -0.39 is 12.1 Å². The van der Waals surface area contributed by atoms with Crippen LogP contribution in [0.2, 0.25) is 0 Å². The zero-order chi connectivity index (χ0) is 11.4. The van der Waals surface area contributed by atoms with Gasteiger partial charge in [0.2, 0.25) is 0 Å². The SMILES string of the molecule is CC(C)CNCC(C)C(C)C(F)(F)F. The van der Waals surface area contributed by atoms with Gasteiger partial charge >= 0.3 is 6.18 Å². The van der Waals surface area contributed by atoms with Crippen molar-refractivity contribution in [2.75, 3.05) is 13.1 Å². The smallest absolute Gasteiger partial charge is 0.316 e. The molecule has 0 rings (SSSR count). The van der Waals surface area contributed by atoms with Crippen molar-refractivity contribution in [3.63, 3.8) is 0 Å². The molecule has 0 amide bonds. The fourth-order valence-corrected chi connectivity index (χ4v) is 1.10. The molecule has 0 aromatic rings. The Morgan fingerprint density at radius 2 is 1.50 bits per heavy atom. The maximum atomic E-state index is 12.3. The monoisotopic (exact) mass is 211 g/mol. The summed E-state index contributed by atoms with van der Waals surface area (Å²) in [6.07, 6.45) is -4.07. The molecule has 0 aromatic heterocycles. The van der Waals surface area contributed by atoms with Crippen LogP contribution in [0.1, 0.15) is 27.7 Å². The number of nitrogens with one attached hydrogen (secondary N) is 1. The van der Waals surface area contributed by atoms with Gasteiger partial charge in [0.1, 0.15) is 0 Å². The van der Waals surface area contributed by atoms with Crippen LogP contribution in [-0.4, -0.2) is 19.3 Å². The van der Waals surface area contributed by atoms with Gasteiger partial charge in [-0.05, 0) is 24.9 Å². The molecule has 14 heavy (non-hydrogen) atoms. The summed E-state index contributed by atoms with van der Waals surface area (Å²) in [5.41, 5.74) is 0. The van der Waals surface area contributed by atoms with Gasteiger partial charge in [0.25, 0.3) is 0 Å². The molecule has 0 heterocycles. The Balaban J connectivity index is 3.79. The Morgan fingerprint density at radius 3 is 1.86 bits per heavy atom. The van der Waals surface area contributed by atoms with Crippen molar-refractivity contribution >= 4 is 0 Å². The van der Waals surface area contributed by atoms with Crippen LogP contribution in [0.4, 0.5) is 13.2 Å². The van der Waals surface area contributed by atoms with E-state index in [2.05, 4.69) is 5.32 Å². The zero-order valence-electron chi connectivity index (χ0n) is 9.28. The van der Waals surface area contributed by atoms with Crippen LogP contribution in [0.3, 0.4) is 0 Å². The van der Waals surface area contributed by atoms with E-state index in [0.717, 1.165) is 6.54 Å². The number of hydrogen-bond acceptors (Lipinski definition) is 1. The van der Waals surface area contributed by atoms with Crippen LogP contribution >= 0.6 is 0 Å². The third-order valence-corrected chi connectivity index (χ3v) is 2.39. The fourth-order valence-electron chi connectivity index (χ4n) is 1.10. The highest BCUT2D eigenvalue weighted by Crippen LogP contribution is 2.31. The second-order valence-corrected chi connectivity index (χ2v) is 4.36. The van der Waals surface area contributed by atoms with Crippen LogP contribution < -0.4 is 5.32 Å². The van der Waals surface area contributed by atoms with Crippen LogP contribution in [0, 0.1) is 17.8 Å². The largest absolute Gasteiger partial charge is 0.391 e. The summed E-state index contributed by atoms with van der Waals surface area (Å²) in [7, 11) is 0. The minimum Gasteiger partial charge on any atom is -0.316 e. The topological polar surface area (TPSA) is 12.0 Å². The first-order valence-corrected chi connectivity index (χ1v) is 5.02. The highest BCUT2D eigenvalue weighted by Gasteiger charge is 2.38. The Kier molecular flexibility index (Phi) is 5.49. The molecule has 2 unspecified atom stereocenters. The molecule has 0 fully saturated rings. The lowest BCUT2D eigenvalue weighted by molar-refractivity contribution is -0.181. The van der Waals surface area contributed by atoms with Gasteiger partial charge in [-0.2, -0.15) is 13.2 Å². The normalized spacial score (nSPS) is 17.1. The lowest BCUT2D eigenvalue weighted by Crippen LogP contribution is -2.34. The van der Waals surface area contributed by atoms with E-state index >= 15 is 0 Å². The van der Waals surface area contributed by atoms with Crippen LogP contribution in [-0.2, 0) is 0 Å². The summed E-state index contributed by atoms with van der Waals surface area (Å²) in [5.74, 6) is -1.13. The van der Waals surface area contributed by atoms with E-state index in [1.165, 1.54) is 6.92 Å². The molecule has 0 radical (unpaired) electrons.